The van der Waals surface area contributed by atoms with Crippen LogP contribution in [0.15, 0.2) is 48.9 Å². The molecule has 0 N–H and O–H groups in total. The first-order chi connectivity index (χ1) is 11.2. The summed E-state index contributed by atoms with van der Waals surface area (Å²) in [5, 5.41) is 1.04. The van der Waals surface area contributed by atoms with E-state index in [9.17, 15) is 0 Å². The van der Waals surface area contributed by atoms with Crippen molar-refractivity contribution in [2.75, 3.05) is 14.1 Å². The standard InChI is InChI=1S/C18H22N4S/c1-4-15(21(2)3)13-22-11-10-19-17(22)16-12-20-18(23-16)14-8-6-5-7-9-14/h5-12,15H,4,13H2,1-3H3. The fourth-order valence-corrected chi connectivity index (χ4v) is 3.59. The van der Waals surface area contributed by atoms with Gasteiger partial charge in [-0.15, -0.1) is 11.3 Å². The van der Waals surface area contributed by atoms with Gasteiger partial charge in [0.2, 0.25) is 0 Å². The van der Waals surface area contributed by atoms with E-state index in [0.717, 1.165) is 34.2 Å². The van der Waals surface area contributed by atoms with E-state index in [0.29, 0.717) is 6.04 Å². The SMILES string of the molecule is CCC(Cn1ccnc1-c1cnc(-c2ccccc2)s1)N(C)C. The Hall–Kier alpha value is -1.98. The Morgan fingerprint density at radius 3 is 2.65 bits per heavy atom. The van der Waals surface area contributed by atoms with Gasteiger partial charge in [0.05, 0.1) is 4.88 Å². The summed E-state index contributed by atoms with van der Waals surface area (Å²) in [4.78, 5) is 12.5. The van der Waals surface area contributed by atoms with Crippen molar-refractivity contribution in [3.63, 3.8) is 0 Å². The van der Waals surface area contributed by atoms with Crippen molar-refractivity contribution in [1.82, 2.24) is 19.4 Å². The molecule has 0 radical (unpaired) electrons. The molecule has 0 saturated carbocycles. The zero-order chi connectivity index (χ0) is 16.2. The number of rotatable bonds is 6. The van der Waals surface area contributed by atoms with Gasteiger partial charge in [0, 0.05) is 36.7 Å². The molecule has 120 valence electrons. The molecule has 0 bridgehead atoms. The monoisotopic (exact) mass is 326 g/mol. The van der Waals surface area contributed by atoms with E-state index < -0.39 is 0 Å². The summed E-state index contributed by atoms with van der Waals surface area (Å²) in [5.41, 5.74) is 1.15. The zero-order valence-corrected chi connectivity index (χ0v) is 14.6. The predicted octanol–water partition coefficient (Wildman–Crippen LogP) is 4.01. The van der Waals surface area contributed by atoms with Crippen molar-refractivity contribution in [3.05, 3.63) is 48.9 Å². The Kier molecular flexibility index (Phi) is 4.88. The quantitative estimate of drug-likeness (QED) is 0.686. The normalized spacial score (nSPS) is 12.7. The summed E-state index contributed by atoms with van der Waals surface area (Å²) in [7, 11) is 4.26. The lowest BCUT2D eigenvalue weighted by Gasteiger charge is -2.23. The lowest BCUT2D eigenvalue weighted by atomic mass is 10.2. The molecule has 1 aromatic carbocycles. The van der Waals surface area contributed by atoms with Crippen LogP contribution in [0.4, 0.5) is 0 Å². The average Bonchev–Trinajstić information content (AvgIpc) is 3.22. The van der Waals surface area contributed by atoms with E-state index in [-0.39, 0.29) is 0 Å². The molecule has 0 aliphatic carbocycles. The van der Waals surface area contributed by atoms with Gasteiger partial charge in [-0.25, -0.2) is 9.97 Å². The maximum atomic E-state index is 4.57. The number of likely N-dealkylation sites (N-methyl/N-ethyl adjacent to an activating group) is 1. The van der Waals surface area contributed by atoms with Gasteiger partial charge in [0.15, 0.2) is 5.82 Å². The van der Waals surface area contributed by atoms with Crippen LogP contribution in [-0.2, 0) is 6.54 Å². The Bertz CT molecular complexity index is 745. The van der Waals surface area contributed by atoms with Crippen LogP contribution in [0.1, 0.15) is 13.3 Å². The molecule has 1 atom stereocenters. The van der Waals surface area contributed by atoms with Gasteiger partial charge >= 0.3 is 0 Å². The lowest BCUT2D eigenvalue weighted by Crippen LogP contribution is -2.31. The minimum atomic E-state index is 0.504. The van der Waals surface area contributed by atoms with E-state index in [1.165, 1.54) is 0 Å². The first-order valence-corrected chi connectivity index (χ1v) is 8.70. The number of aromatic nitrogens is 3. The largest absolute Gasteiger partial charge is 0.329 e. The van der Waals surface area contributed by atoms with E-state index in [4.69, 9.17) is 0 Å². The lowest BCUT2D eigenvalue weighted by molar-refractivity contribution is 0.258. The third kappa shape index (κ3) is 3.51. The van der Waals surface area contributed by atoms with Crippen molar-refractivity contribution < 1.29 is 0 Å². The second kappa shape index (κ2) is 7.06. The highest BCUT2D eigenvalue weighted by Crippen LogP contribution is 2.31. The van der Waals surface area contributed by atoms with Crippen LogP contribution >= 0.6 is 11.3 Å². The minimum Gasteiger partial charge on any atom is -0.329 e. The Balaban J connectivity index is 1.86. The minimum absolute atomic E-state index is 0.504. The molecule has 5 heteroatoms. The van der Waals surface area contributed by atoms with Crippen LogP contribution in [0.2, 0.25) is 0 Å². The zero-order valence-electron chi connectivity index (χ0n) is 13.8. The molecule has 3 aromatic rings. The van der Waals surface area contributed by atoms with Gasteiger partial charge in [-0.3, -0.25) is 0 Å². The van der Waals surface area contributed by atoms with E-state index in [2.05, 4.69) is 58.8 Å². The summed E-state index contributed by atoms with van der Waals surface area (Å²) >= 11 is 1.69. The van der Waals surface area contributed by atoms with Gasteiger partial charge in [-0.2, -0.15) is 0 Å². The van der Waals surface area contributed by atoms with Crippen LogP contribution in [-0.4, -0.2) is 39.6 Å². The molecular formula is C18H22N4S. The van der Waals surface area contributed by atoms with Crippen molar-refractivity contribution >= 4 is 11.3 Å². The van der Waals surface area contributed by atoms with Gasteiger partial charge in [0.1, 0.15) is 5.01 Å². The molecule has 2 aromatic heterocycles. The van der Waals surface area contributed by atoms with Crippen LogP contribution in [0.5, 0.6) is 0 Å². The van der Waals surface area contributed by atoms with Gasteiger partial charge < -0.3 is 9.47 Å². The van der Waals surface area contributed by atoms with Crippen LogP contribution < -0.4 is 0 Å². The molecule has 1 unspecified atom stereocenters. The molecule has 23 heavy (non-hydrogen) atoms. The summed E-state index contributed by atoms with van der Waals surface area (Å²) in [5.74, 6) is 1.00. The highest BCUT2D eigenvalue weighted by Gasteiger charge is 2.15. The summed E-state index contributed by atoms with van der Waals surface area (Å²) in [6.07, 6.45) is 6.98. The molecule has 0 amide bonds. The predicted molar refractivity (Wildman–Crippen MR) is 96.5 cm³/mol. The maximum Gasteiger partial charge on any atom is 0.151 e. The van der Waals surface area contributed by atoms with Gasteiger partial charge in [-0.05, 0) is 20.5 Å². The summed E-state index contributed by atoms with van der Waals surface area (Å²) < 4.78 is 2.23. The Labute approximate surface area is 141 Å². The smallest absolute Gasteiger partial charge is 0.151 e. The number of hydrogen-bond donors (Lipinski definition) is 0. The van der Waals surface area contributed by atoms with Gasteiger partial charge in [0.25, 0.3) is 0 Å². The van der Waals surface area contributed by atoms with Crippen LogP contribution in [0.25, 0.3) is 21.3 Å². The van der Waals surface area contributed by atoms with Crippen molar-refractivity contribution in [2.45, 2.75) is 25.9 Å². The topological polar surface area (TPSA) is 34.0 Å². The first kappa shape index (κ1) is 15.9. The number of thiazole rings is 1. The second-order valence-corrected chi connectivity index (χ2v) is 6.86. The van der Waals surface area contributed by atoms with E-state index >= 15 is 0 Å². The average molecular weight is 326 g/mol. The fourth-order valence-electron chi connectivity index (χ4n) is 2.66. The molecule has 0 aliphatic rings. The number of hydrogen-bond acceptors (Lipinski definition) is 4. The molecular weight excluding hydrogens is 304 g/mol. The van der Waals surface area contributed by atoms with E-state index in [1.807, 2.05) is 30.6 Å². The number of imidazole rings is 1. The summed E-state index contributed by atoms with van der Waals surface area (Å²) in [6, 6.07) is 10.8. The Morgan fingerprint density at radius 1 is 1.17 bits per heavy atom. The van der Waals surface area contributed by atoms with Crippen molar-refractivity contribution in [3.8, 4) is 21.3 Å². The molecule has 0 saturated heterocycles. The molecule has 0 aliphatic heterocycles. The first-order valence-electron chi connectivity index (χ1n) is 7.88. The van der Waals surface area contributed by atoms with E-state index in [1.54, 1.807) is 11.3 Å². The highest BCUT2D eigenvalue weighted by molar-refractivity contribution is 7.18. The third-order valence-electron chi connectivity index (χ3n) is 4.07. The number of nitrogens with zero attached hydrogens (tertiary/aromatic N) is 4. The molecule has 0 fully saturated rings. The molecule has 2 heterocycles. The summed E-state index contributed by atoms with van der Waals surface area (Å²) in [6.45, 7) is 3.17. The fraction of sp³-hybridized carbons (Fsp3) is 0.333. The molecule has 0 spiro atoms. The maximum absolute atomic E-state index is 4.57. The van der Waals surface area contributed by atoms with Crippen LogP contribution in [0.3, 0.4) is 0 Å². The van der Waals surface area contributed by atoms with Crippen molar-refractivity contribution in [2.24, 2.45) is 0 Å². The van der Waals surface area contributed by atoms with Crippen molar-refractivity contribution in [1.29, 1.82) is 0 Å². The highest BCUT2D eigenvalue weighted by atomic mass is 32.1. The third-order valence-corrected chi connectivity index (χ3v) is 5.11. The van der Waals surface area contributed by atoms with Crippen LogP contribution in [0, 0.1) is 0 Å². The Morgan fingerprint density at radius 2 is 1.96 bits per heavy atom. The number of benzene rings is 1. The molecule has 3 rings (SSSR count). The molecule has 4 nitrogen and oxygen atoms in total. The second-order valence-electron chi connectivity index (χ2n) is 5.82. The van der Waals surface area contributed by atoms with Gasteiger partial charge in [-0.1, -0.05) is 37.3 Å².